The van der Waals surface area contributed by atoms with E-state index in [2.05, 4.69) is 9.97 Å². The Kier molecular flexibility index (Phi) is 3.83. The van der Waals surface area contributed by atoms with Crippen molar-refractivity contribution in [2.24, 2.45) is 0 Å². The molecule has 0 aliphatic rings. The lowest BCUT2D eigenvalue weighted by Gasteiger charge is -2.09. The normalized spacial score (nSPS) is 12.4. The summed E-state index contributed by atoms with van der Waals surface area (Å²) in [5.74, 6) is 0.665. The van der Waals surface area contributed by atoms with Gasteiger partial charge in [0.25, 0.3) is 0 Å². The fourth-order valence-electron chi connectivity index (χ4n) is 1.71. The molecule has 1 aromatic carbocycles. The highest BCUT2D eigenvalue weighted by atomic mass is 16.3. The first kappa shape index (κ1) is 11.7. The van der Waals surface area contributed by atoms with E-state index in [0.29, 0.717) is 11.5 Å². The molecule has 0 saturated heterocycles. The molecule has 0 aliphatic carbocycles. The number of aliphatic hydroxyl groups excluding tert-OH is 1. The zero-order chi connectivity index (χ0) is 12.1. The van der Waals surface area contributed by atoms with Crippen LogP contribution in [-0.2, 0) is 0 Å². The van der Waals surface area contributed by atoms with Crippen molar-refractivity contribution < 1.29 is 5.11 Å². The molecule has 2 rings (SSSR count). The van der Waals surface area contributed by atoms with Crippen LogP contribution in [0.25, 0.3) is 11.4 Å². The van der Waals surface area contributed by atoms with Crippen LogP contribution in [0.5, 0.6) is 0 Å². The second-order valence-electron chi connectivity index (χ2n) is 3.98. The molecule has 1 aromatic heterocycles. The molecule has 2 aromatic rings. The van der Waals surface area contributed by atoms with Crippen molar-refractivity contribution in [3.05, 3.63) is 48.3 Å². The molecule has 3 nitrogen and oxygen atoms in total. The average molecular weight is 228 g/mol. The lowest BCUT2D eigenvalue weighted by atomic mass is 10.1. The smallest absolute Gasteiger partial charge is 0.159 e. The van der Waals surface area contributed by atoms with Gasteiger partial charge in [0.1, 0.15) is 0 Å². The van der Waals surface area contributed by atoms with E-state index in [4.69, 9.17) is 0 Å². The van der Waals surface area contributed by atoms with Crippen molar-refractivity contribution in [1.29, 1.82) is 0 Å². The minimum Gasteiger partial charge on any atom is -0.387 e. The number of hydrogen-bond donors (Lipinski definition) is 1. The van der Waals surface area contributed by atoms with Crippen LogP contribution < -0.4 is 0 Å². The number of aromatic nitrogens is 2. The molecule has 1 N–H and O–H groups in total. The highest BCUT2D eigenvalue weighted by Gasteiger charge is 2.09. The molecule has 0 saturated carbocycles. The first-order chi connectivity index (χ1) is 8.31. The van der Waals surface area contributed by atoms with E-state index in [9.17, 15) is 5.11 Å². The predicted octanol–water partition coefficient (Wildman–Crippen LogP) is 2.98. The number of benzene rings is 1. The molecular weight excluding hydrogens is 212 g/mol. The minimum absolute atomic E-state index is 0.495. The lowest BCUT2D eigenvalue weighted by Crippen LogP contribution is -2.02. The van der Waals surface area contributed by atoms with Gasteiger partial charge in [0.15, 0.2) is 5.82 Å². The SMILES string of the molecule is CCCC(O)c1ccnc(-c2ccccc2)n1. The van der Waals surface area contributed by atoms with Gasteiger partial charge in [0.05, 0.1) is 11.8 Å². The molecule has 0 aliphatic heterocycles. The quantitative estimate of drug-likeness (QED) is 0.875. The molecule has 0 fully saturated rings. The van der Waals surface area contributed by atoms with Crippen LogP contribution in [0.3, 0.4) is 0 Å². The Morgan fingerprint density at radius 3 is 2.65 bits per heavy atom. The topological polar surface area (TPSA) is 46.0 Å². The summed E-state index contributed by atoms with van der Waals surface area (Å²) in [5.41, 5.74) is 1.67. The number of aliphatic hydroxyl groups is 1. The van der Waals surface area contributed by atoms with E-state index in [-0.39, 0.29) is 0 Å². The van der Waals surface area contributed by atoms with Crippen molar-refractivity contribution in [2.45, 2.75) is 25.9 Å². The van der Waals surface area contributed by atoms with Crippen molar-refractivity contribution in [1.82, 2.24) is 9.97 Å². The van der Waals surface area contributed by atoms with Gasteiger partial charge in [-0.05, 0) is 12.5 Å². The Balaban J connectivity index is 2.29. The van der Waals surface area contributed by atoms with Gasteiger partial charge in [0.2, 0.25) is 0 Å². The van der Waals surface area contributed by atoms with Crippen molar-refractivity contribution in [2.75, 3.05) is 0 Å². The molecule has 17 heavy (non-hydrogen) atoms. The number of nitrogens with zero attached hydrogens (tertiary/aromatic N) is 2. The average Bonchev–Trinajstić information content (AvgIpc) is 2.40. The van der Waals surface area contributed by atoms with Crippen LogP contribution in [0.15, 0.2) is 42.6 Å². The van der Waals surface area contributed by atoms with Crippen molar-refractivity contribution in [3.63, 3.8) is 0 Å². The molecule has 0 bridgehead atoms. The minimum atomic E-state index is -0.495. The second kappa shape index (κ2) is 5.55. The first-order valence-electron chi connectivity index (χ1n) is 5.87. The fraction of sp³-hybridized carbons (Fsp3) is 0.286. The molecule has 3 heteroatoms. The van der Waals surface area contributed by atoms with Crippen molar-refractivity contribution in [3.8, 4) is 11.4 Å². The Morgan fingerprint density at radius 2 is 1.94 bits per heavy atom. The van der Waals surface area contributed by atoms with Crippen LogP contribution in [0.1, 0.15) is 31.6 Å². The van der Waals surface area contributed by atoms with Crippen LogP contribution in [-0.4, -0.2) is 15.1 Å². The van der Waals surface area contributed by atoms with E-state index in [1.807, 2.05) is 37.3 Å². The summed E-state index contributed by atoms with van der Waals surface area (Å²) in [6, 6.07) is 11.6. The molecular formula is C14H16N2O. The fourth-order valence-corrected chi connectivity index (χ4v) is 1.71. The predicted molar refractivity (Wildman–Crippen MR) is 67.3 cm³/mol. The standard InChI is InChI=1S/C14H16N2O/c1-2-6-13(17)12-9-10-15-14(16-12)11-7-4-3-5-8-11/h3-5,7-10,13,17H,2,6H2,1H3. The summed E-state index contributed by atoms with van der Waals surface area (Å²) in [6.07, 6.45) is 2.87. The van der Waals surface area contributed by atoms with Gasteiger partial charge >= 0.3 is 0 Å². The van der Waals surface area contributed by atoms with E-state index in [1.54, 1.807) is 12.3 Å². The number of hydrogen-bond acceptors (Lipinski definition) is 3. The van der Waals surface area contributed by atoms with Crippen LogP contribution in [0.2, 0.25) is 0 Å². The summed E-state index contributed by atoms with van der Waals surface area (Å²) in [6.45, 7) is 2.04. The van der Waals surface area contributed by atoms with Gasteiger partial charge in [0, 0.05) is 11.8 Å². The zero-order valence-corrected chi connectivity index (χ0v) is 9.87. The Hall–Kier alpha value is -1.74. The third kappa shape index (κ3) is 2.88. The monoisotopic (exact) mass is 228 g/mol. The molecule has 88 valence electrons. The molecule has 1 heterocycles. The molecule has 0 amide bonds. The highest BCUT2D eigenvalue weighted by Crippen LogP contribution is 2.19. The van der Waals surface area contributed by atoms with E-state index >= 15 is 0 Å². The summed E-state index contributed by atoms with van der Waals surface area (Å²) < 4.78 is 0. The Labute approximate surface area is 101 Å². The Morgan fingerprint density at radius 1 is 1.18 bits per heavy atom. The lowest BCUT2D eigenvalue weighted by molar-refractivity contribution is 0.161. The van der Waals surface area contributed by atoms with Gasteiger partial charge < -0.3 is 5.11 Å². The second-order valence-corrected chi connectivity index (χ2v) is 3.98. The van der Waals surface area contributed by atoms with Gasteiger partial charge in [-0.2, -0.15) is 0 Å². The first-order valence-corrected chi connectivity index (χ1v) is 5.87. The van der Waals surface area contributed by atoms with Gasteiger partial charge in [-0.1, -0.05) is 43.7 Å². The summed E-state index contributed by atoms with van der Waals surface area (Å²) in [4.78, 5) is 8.63. The summed E-state index contributed by atoms with van der Waals surface area (Å²) >= 11 is 0. The van der Waals surface area contributed by atoms with E-state index in [0.717, 1.165) is 18.4 Å². The zero-order valence-electron chi connectivity index (χ0n) is 9.87. The third-order valence-electron chi connectivity index (χ3n) is 2.61. The molecule has 0 radical (unpaired) electrons. The highest BCUT2D eigenvalue weighted by molar-refractivity contribution is 5.54. The summed E-state index contributed by atoms with van der Waals surface area (Å²) in [7, 11) is 0. The largest absolute Gasteiger partial charge is 0.387 e. The molecule has 0 spiro atoms. The maximum atomic E-state index is 9.90. The van der Waals surface area contributed by atoms with E-state index in [1.165, 1.54) is 0 Å². The third-order valence-corrected chi connectivity index (χ3v) is 2.61. The molecule has 1 unspecified atom stereocenters. The maximum absolute atomic E-state index is 9.90. The van der Waals surface area contributed by atoms with Crippen LogP contribution >= 0.6 is 0 Å². The van der Waals surface area contributed by atoms with Gasteiger partial charge in [-0.15, -0.1) is 0 Å². The van der Waals surface area contributed by atoms with Crippen molar-refractivity contribution >= 4 is 0 Å². The van der Waals surface area contributed by atoms with E-state index < -0.39 is 6.10 Å². The van der Waals surface area contributed by atoms with Gasteiger partial charge in [-0.25, -0.2) is 9.97 Å². The van der Waals surface area contributed by atoms with Crippen LogP contribution in [0.4, 0.5) is 0 Å². The number of rotatable bonds is 4. The van der Waals surface area contributed by atoms with Crippen LogP contribution in [0, 0.1) is 0 Å². The summed E-state index contributed by atoms with van der Waals surface area (Å²) in [5, 5.41) is 9.90. The van der Waals surface area contributed by atoms with Gasteiger partial charge in [-0.3, -0.25) is 0 Å². The Bertz CT molecular complexity index is 471. The maximum Gasteiger partial charge on any atom is 0.159 e. The molecule has 1 atom stereocenters.